The van der Waals surface area contributed by atoms with E-state index < -0.39 is 12.2 Å². The lowest BCUT2D eigenvalue weighted by atomic mass is 10.1. The Balaban J connectivity index is 2.05. The Bertz CT molecular complexity index is 698. The molecule has 0 spiro atoms. The average Bonchev–Trinajstić information content (AvgIpc) is 2.50. The normalized spacial score (nSPS) is 11.2. The lowest BCUT2D eigenvalue weighted by molar-refractivity contribution is -0.275. The molecule has 0 aliphatic carbocycles. The van der Waals surface area contributed by atoms with Crippen molar-refractivity contribution in [1.82, 2.24) is 4.90 Å². The maximum Gasteiger partial charge on any atom is 0.573 e. The van der Waals surface area contributed by atoms with Crippen molar-refractivity contribution >= 4 is 5.91 Å². The number of halogens is 4. The molecule has 0 radical (unpaired) electrons. The van der Waals surface area contributed by atoms with Gasteiger partial charge in [0.05, 0.1) is 6.42 Å². The number of para-hydroxylation sites is 1. The van der Waals surface area contributed by atoms with Crippen LogP contribution in [0.3, 0.4) is 0 Å². The van der Waals surface area contributed by atoms with Crippen molar-refractivity contribution in [2.24, 2.45) is 0 Å². The molecule has 7 heteroatoms. The van der Waals surface area contributed by atoms with Crippen molar-refractivity contribution in [3.63, 3.8) is 0 Å². The van der Waals surface area contributed by atoms with E-state index >= 15 is 0 Å². The van der Waals surface area contributed by atoms with Gasteiger partial charge in [-0.15, -0.1) is 13.2 Å². The maximum atomic E-state index is 12.8. The molecule has 0 heterocycles. The first-order valence-corrected chi connectivity index (χ1v) is 7.06. The number of carbonyl (C=O) groups is 1. The number of ether oxygens (including phenoxy) is 1. The van der Waals surface area contributed by atoms with Gasteiger partial charge in [0.15, 0.2) is 0 Å². The Labute approximate surface area is 136 Å². The van der Waals surface area contributed by atoms with Crippen LogP contribution in [0.2, 0.25) is 0 Å². The van der Waals surface area contributed by atoms with E-state index in [9.17, 15) is 22.4 Å². The zero-order valence-corrected chi connectivity index (χ0v) is 12.8. The number of amides is 1. The third-order valence-electron chi connectivity index (χ3n) is 3.30. The van der Waals surface area contributed by atoms with Crippen LogP contribution in [0.1, 0.15) is 11.1 Å². The molecule has 24 heavy (non-hydrogen) atoms. The van der Waals surface area contributed by atoms with Gasteiger partial charge in [0.1, 0.15) is 11.6 Å². The van der Waals surface area contributed by atoms with Gasteiger partial charge in [0.25, 0.3) is 0 Å². The first-order valence-electron chi connectivity index (χ1n) is 7.06. The Kier molecular flexibility index (Phi) is 5.43. The number of carbonyl (C=O) groups excluding carboxylic acids is 1. The summed E-state index contributed by atoms with van der Waals surface area (Å²) in [5, 5.41) is 0. The second-order valence-corrected chi connectivity index (χ2v) is 5.21. The van der Waals surface area contributed by atoms with Crippen LogP contribution in [-0.2, 0) is 17.8 Å². The van der Waals surface area contributed by atoms with Crippen LogP contribution in [0.25, 0.3) is 0 Å². The highest BCUT2D eigenvalue weighted by Crippen LogP contribution is 2.27. The minimum absolute atomic E-state index is 0.0269. The van der Waals surface area contributed by atoms with Crippen LogP contribution in [-0.4, -0.2) is 24.2 Å². The zero-order valence-electron chi connectivity index (χ0n) is 12.8. The summed E-state index contributed by atoms with van der Waals surface area (Å²) >= 11 is 0. The lowest BCUT2D eigenvalue weighted by Gasteiger charge is -2.20. The number of alkyl halides is 3. The molecular weight excluding hydrogens is 326 g/mol. The number of likely N-dealkylation sites (N-methyl/N-ethyl adjacent to an activating group) is 1. The minimum atomic E-state index is -4.80. The summed E-state index contributed by atoms with van der Waals surface area (Å²) in [6.45, 7) is -0.0354. The van der Waals surface area contributed by atoms with E-state index in [4.69, 9.17) is 0 Å². The van der Waals surface area contributed by atoms with Crippen molar-refractivity contribution in [3.8, 4) is 5.75 Å². The van der Waals surface area contributed by atoms with Crippen LogP contribution < -0.4 is 4.74 Å². The maximum absolute atomic E-state index is 12.8. The molecule has 0 aromatic heterocycles. The summed E-state index contributed by atoms with van der Waals surface area (Å²) in [6, 6.07) is 11.1. The number of hydrogen-bond acceptors (Lipinski definition) is 2. The van der Waals surface area contributed by atoms with Crippen LogP contribution in [0.5, 0.6) is 5.75 Å². The van der Waals surface area contributed by atoms with Crippen molar-refractivity contribution in [1.29, 1.82) is 0 Å². The molecular formula is C17H15F4NO2. The molecule has 0 aliphatic rings. The van der Waals surface area contributed by atoms with Crippen molar-refractivity contribution in [3.05, 3.63) is 65.5 Å². The van der Waals surface area contributed by atoms with Gasteiger partial charge >= 0.3 is 6.36 Å². The first kappa shape index (κ1) is 17.8. The molecule has 0 atom stereocenters. The molecule has 0 saturated heterocycles. The Hall–Kier alpha value is -2.57. The van der Waals surface area contributed by atoms with Gasteiger partial charge in [0, 0.05) is 19.2 Å². The highest BCUT2D eigenvalue weighted by molar-refractivity contribution is 5.78. The summed E-state index contributed by atoms with van der Waals surface area (Å²) < 4.78 is 54.0. The first-order chi connectivity index (χ1) is 11.2. The van der Waals surface area contributed by atoms with Gasteiger partial charge in [0.2, 0.25) is 5.91 Å². The van der Waals surface area contributed by atoms with Gasteiger partial charge in [-0.25, -0.2) is 4.39 Å². The molecule has 128 valence electrons. The summed E-state index contributed by atoms with van der Waals surface area (Å²) in [7, 11) is 1.48. The Morgan fingerprint density at radius 1 is 1.08 bits per heavy atom. The highest BCUT2D eigenvalue weighted by Gasteiger charge is 2.32. The van der Waals surface area contributed by atoms with Crippen LogP contribution in [0.15, 0.2) is 48.5 Å². The number of benzene rings is 2. The fraction of sp³-hybridized carbons (Fsp3) is 0.235. The van der Waals surface area contributed by atoms with Gasteiger partial charge in [-0.05, 0) is 23.8 Å². The van der Waals surface area contributed by atoms with Gasteiger partial charge < -0.3 is 9.64 Å². The Morgan fingerprint density at radius 2 is 1.71 bits per heavy atom. The molecule has 0 saturated carbocycles. The SMILES string of the molecule is CN(Cc1ccccc1OC(F)(F)F)C(=O)Cc1ccc(F)cc1. The average molecular weight is 341 g/mol. The predicted molar refractivity (Wildman–Crippen MR) is 79.7 cm³/mol. The largest absolute Gasteiger partial charge is 0.573 e. The number of hydrogen-bond donors (Lipinski definition) is 0. The standard InChI is InChI=1S/C17H15F4NO2/c1-22(16(23)10-12-6-8-14(18)9-7-12)11-13-4-2-3-5-15(13)24-17(19,20)21/h2-9H,10-11H2,1H3. The predicted octanol–water partition coefficient (Wildman–Crippen LogP) is 3.93. The van der Waals surface area contributed by atoms with Crippen molar-refractivity contribution in [2.45, 2.75) is 19.3 Å². The van der Waals surface area contributed by atoms with E-state index in [1.54, 1.807) is 6.07 Å². The van der Waals surface area contributed by atoms with Gasteiger partial charge in [-0.3, -0.25) is 4.79 Å². The minimum Gasteiger partial charge on any atom is -0.405 e. The molecule has 0 fully saturated rings. The van der Waals surface area contributed by atoms with E-state index in [2.05, 4.69) is 4.74 Å². The van der Waals surface area contributed by atoms with E-state index in [-0.39, 0.29) is 30.2 Å². The van der Waals surface area contributed by atoms with Crippen LogP contribution in [0.4, 0.5) is 17.6 Å². The molecule has 3 nitrogen and oxygen atoms in total. The van der Waals surface area contributed by atoms with Crippen molar-refractivity contribution in [2.75, 3.05) is 7.05 Å². The number of nitrogens with zero attached hydrogens (tertiary/aromatic N) is 1. The van der Waals surface area contributed by atoms with E-state index in [0.29, 0.717) is 5.56 Å². The summed E-state index contributed by atoms with van der Waals surface area (Å²) in [5.74, 6) is -1.05. The molecule has 2 aromatic carbocycles. The summed E-state index contributed by atoms with van der Waals surface area (Å²) in [4.78, 5) is 13.5. The Morgan fingerprint density at radius 3 is 2.33 bits per heavy atom. The summed E-state index contributed by atoms with van der Waals surface area (Å²) in [6.07, 6.45) is -4.77. The summed E-state index contributed by atoms with van der Waals surface area (Å²) in [5.41, 5.74) is 0.859. The molecule has 0 bridgehead atoms. The topological polar surface area (TPSA) is 29.5 Å². The molecule has 2 rings (SSSR count). The monoisotopic (exact) mass is 341 g/mol. The smallest absolute Gasteiger partial charge is 0.405 e. The van der Waals surface area contributed by atoms with Gasteiger partial charge in [-0.2, -0.15) is 0 Å². The van der Waals surface area contributed by atoms with Crippen LogP contribution >= 0.6 is 0 Å². The zero-order chi connectivity index (χ0) is 17.7. The molecule has 2 aromatic rings. The van der Waals surface area contributed by atoms with E-state index in [1.807, 2.05) is 0 Å². The number of rotatable bonds is 5. The fourth-order valence-corrected chi connectivity index (χ4v) is 2.11. The molecule has 1 amide bonds. The fourth-order valence-electron chi connectivity index (χ4n) is 2.11. The molecule has 0 N–H and O–H groups in total. The second kappa shape index (κ2) is 7.33. The van der Waals surface area contributed by atoms with Crippen molar-refractivity contribution < 1.29 is 27.1 Å². The quantitative estimate of drug-likeness (QED) is 0.772. The second-order valence-electron chi connectivity index (χ2n) is 5.21. The van der Waals surface area contributed by atoms with Crippen LogP contribution in [0, 0.1) is 5.82 Å². The lowest BCUT2D eigenvalue weighted by Crippen LogP contribution is -2.28. The third-order valence-corrected chi connectivity index (χ3v) is 3.30. The third kappa shape index (κ3) is 5.26. The van der Waals surface area contributed by atoms with E-state index in [0.717, 1.165) is 0 Å². The highest BCUT2D eigenvalue weighted by atomic mass is 19.4. The van der Waals surface area contributed by atoms with Gasteiger partial charge in [-0.1, -0.05) is 30.3 Å². The molecule has 0 aliphatic heterocycles. The molecule has 0 unspecified atom stereocenters. The van der Waals surface area contributed by atoms with E-state index in [1.165, 1.54) is 54.4 Å².